The van der Waals surface area contributed by atoms with Gasteiger partial charge in [-0.25, -0.2) is 0 Å². The number of halogens is 2. The molecule has 0 aromatic carbocycles. The molecule has 0 radical (unpaired) electrons. The maximum absolute atomic E-state index is 11.3. The molecule has 0 amide bonds. The molecule has 0 aromatic rings. The Morgan fingerprint density at radius 2 is 1.15 bits per heavy atom. The summed E-state index contributed by atoms with van der Waals surface area (Å²) >= 11 is 6.13. The van der Waals surface area contributed by atoms with Crippen LogP contribution in [0.4, 0.5) is 0 Å². The summed E-state index contributed by atoms with van der Waals surface area (Å²) in [4.78, 5) is 21.6. The van der Waals surface area contributed by atoms with E-state index in [0.717, 1.165) is 0 Å². The highest BCUT2D eigenvalue weighted by Gasteiger charge is 2.50. The first kappa shape index (κ1) is 14.9. The molecular weight excluding hydrogens is 396 g/mol. The van der Waals surface area contributed by atoms with Crippen LogP contribution in [0, 0.1) is 20.2 Å². The second kappa shape index (κ2) is 5.10. The van der Waals surface area contributed by atoms with Gasteiger partial charge in [0, 0.05) is 53.9 Å². The van der Waals surface area contributed by atoms with Gasteiger partial charge >= 0.3 is 8.90 Å². The molecule has 2 atom stereocenters. The molecule has 0 bridgehead atoms. The van der Waals surface area contributed by atoms with E-state index in [1.807, 2.05) is 0 Å². The summed E-state index contributed by atoms with van der Waals surface area (Å²) in [5.41, 5.74) is 0.415. The second-order valence-corrected chi connectivity index (χ2v) is 6.54. The van der Waals surface area contributed by atoms with Crippen molar-refractivity contribution < 1.29 is 9.85 Å². The SMILES string of the molecule is O=[N+]([O-])C1(Br)C=CC=C/C1=C1/C=CC=CC1(Br)[N+](=O)[O-]. The molecule has 0 N–H and O–H groups in total. The van der Waals surface area contributed by atoms with Crippen molar-refractivity contribution in [2.45, 2.75) is 8.90 Å². The van der Waals surface area contributed by atoms with Crippen molar-refractivity contribution in [3.05, 3.63) is 80.0 Å². The fourth-order valence-electron chi connectivity index (χ4n) is 1.96. The summed E-state index contributed by atoms with van der Waals surface area (Å²) in [6.45, 7) is 0. The Labute approximate surface area is 130 Å². The van der Waals surface area contributed by atoms with E-state index in [1.54, 1.807) is 12.2 Å². The van der Waals surface area contributed by atoms with E-state index in [4.69, 9.17) is 0 Å². The minimum absolute atomic E-state index is 0.208. The van der Waals surface area contributed by atoms with Crippen LogP contribution in [0.3, 0.4) is 0 Å². The number of alkyl halides is 2. The van der Waals surface area contributed by atoms with Crippen LogP contribution in [0.2, 0.25) is 0 Å². The van der Waals surface area contributed by atoms with Crippen LogP contribution in [0.5, 0.6) is 0 Å². The zero-order chi connectivity index (χ0) is 15.0. The predicted octanol–water partition coefficient (Wildman–Crippen LogP) is 3.27. The first-order chi connectivity index (χ1) is 9.32. The number of nitro groups is 2. The lowest BCUT2D eigenvalue weighted by Gasteiger charge is -2.26. The summed E-state index contributed by atoms with van der Waals surface area (Å²) in [7, 11) is 0. The molecule has 8 heteroatoms. The average molecular weight is 404 g/mol. The van der Waals surface area contributed by atoms with Crippen molar-refractivity contribution in [1.82, 2.24) is 0 Å². The van der Waals surface area contributed by atoms with Gasteiger partial charge in [-0.1, -0.05) is 24.3 Å². The Balaban J connectivity index is 2.72. The molecule has 2 aliphatic carbocycles. The molecule has 20 heavy (non-hydrogen) atoms. The largest absolute Gasteiger partial charge is 0.318 e. The zero-order valence-electron chi connectivity index (χ0n) is 9.90. The molecule has 2 rings (SSSR count). The van der Waals surface area contributed by atoms with Crippen molar-refractivity contribution in [3.63, 3.8) is 0 Å². The van der Waals surface area contributed by atoms with E-state index in [2.05, 4.69) is 31.9 Å². The second-order valence-electron chi connectivity index (χ2n) is 4.12. The monoisotopic (exact) mass is 402 g/mol. The predicted molar refractivity (Wildman–Crippen MR) is 80.9 cm³/mol. The summed E-state index contributed by atoms with van der Waals surface area (Å²) < 4.78 is -3.36. The fourth-order valence-corrected chi connectivity index (χ4v) is 2.96. The molecule has 0 aromatic heterocycles. The van der Waals surface area contributed by atoms with Crippen molar-refractivity contribution in [2.75, 3.05) is 0 Å². The lowest BCUT2D eigenvalue weighted by molar-refractivity contribution is -0.516. The standard InChI is InChI=1S/C12H8Br2N2O4/c13-11(15(17)18)7-3-1-5-9(11)10-6-2-4-8-12(10,14)16(19)20/h1-8H/b10-9+. The molecule has 0 saturated carbocycles. The maximum Gasteiger partial charge on any atom is 0.318 e. The Bertz CT molecular complexity index is 581. The molecule has 2 unspecified atom stereocenters. The van der Waals surface area contributed by atoms with Gasteiger partial charge in [-0.3, -0.25) is 20.2 Å². The van der Waals surface area contributed by atoms with Crippen LogP contribution in [0.15, 0.2) is 59.8 Å². The lowest BCUT2D eigenvalue weighted by Crippen LogP contribution is -2.39. The molecule has 0 fully saturated rings. The molecule has 6 nitrogen and oxygen atoms in total. The van der Waals surface area contributed by atoms with E-state index < -0.39 is 18.7 Å². The van der Waals surface area contributed by atoms with Crippen molar-refractivity contribution in [1.29, 1.82) is 0 Å². The van der Waals surface area contributed by atoms with Crippen LogP contribution in [0.1, 0.15) is 0 Å². The van der Waals surface area contributed by atoms with Gasteiger partial charge < -0.3 is 0 Å². The fraction of sp³-hybridized carbons (Fsp3) is 0.167. The Kier molecular flexibility index (Phi) is 3.79. The van der Waals surface area contributed by atoms with Crippen LogP contribution >= 0.6 is 31.9 Å². The van der Waals surface area contributed by atoms with E-state index in [0.29, 0.717) is 0 Å². The third-order valence-electron chi connectivity index (χ3n) is 2.96. The van der Waals surface area contributed by atoms with E-state index in [9.17, 15) is 20.2 Å². The third-order valence-corrected chi connectivity index (χ3v) is 4.92. The minimum atomic E-state index is -1.68. The van der Waals surface area contributed by atoms with Crippen molar-refractivity contribution >= 4 is 31.9 Å². The van der Waals surface area contributed by atoms with Gasteiger partial charge in [0.1, 0.15) is 0 Å². The molecule has 0 aliphatic heterocycles. The summed E-state index contributed by atoms with van der Waals surface area (Å²) in [5.74, 6) is 0. The summed E-state index contributed by atoms with van der Waals surface area (Å²) in [6.07, 6.45) is 11.9. The van der Waals surface area contributed by atoms with Gasteiger partial charge in [0.25, 0.3) is 0 Å². The summed E-state index contributed by atoms with van der Waals surface area (Å²) in [6, 6.07) is 0. The maximum atomic E-state index is 11.3. The highest BCUT2D eigenvalue weighted by atomic mass is 79.9. The van der Waals surface area contributed by atoms with Crippen LogP contribution in [-0.2, 0) is 0 Å². The molecule has 0 spiro atoms. The van der Waals surface area contributed by atoms with Gasteiger partial charge in [0.2, 0.25) is 0 Å². The number of hydrogen-bond donors (Lipinski definition) is 0. The number of nitrogens with zero attached hydrogens (tertiary/aromatic N) is 2. The molecule has 104 valence electrons. The number of hydrogen-bond acceptors (Lipinski definition) is 4. The highest BCUT2D eigenvalue weighted by Crippen LogP contribution is 2.43. The van der Waals surface area contributed by atoms with E-state index in [-0.39, 0.29) is 11.1 Å². The lowest BCUT2D eigenvalue weighted by atomic mass is 9.90. The van der Waals surface area contributed by atoms with Gasteiger partial charge in [0.05, 0.1) is 11.1 Å². The molecular formula is C12H8Br2N2O4. The molecule has 2 aliphatic rings. The Hall–Kier alpha value is -1.54. The van der Waals surface area contributed by atoms with Gasteiger partial charge in [-0.05, 0) is 12.2 Å². The van der Waals surface area contributed by atoms with Crippen molar-refractivity contribution in [2.24, 2.45) is 0 Å². The van der Waals surface area contributed by atoms with Crippen molar-refractivity contribution in [3.8, 4) is 0 Å². The summed E-state index contributed by atoms with van der Waals surface area (Å²) in [5, 5.41) is 22.6. The normalized spacial score (nSPS) is 35.3. The Morgan fingerprint density at radius 1 is 0.800 bits per heavy atom. The quantitative estimate of drug-likeness (QED) is 0.306. The smallest absolute Gasteiger partial charge is 0.262 e. The Morgan fingerprint density at radius 3 is 1.45 bits per heavy atom. The van der Waals surface area contributed by atoms with Crippen LogP contribution in [0.25, 0.3) is 0 Å². The molecule has 0 saturated heterocycles. The van der Waals surface area contributed by atoms with Crippen LogP contribution in [-0.4, -0.2) is 18.7 Å². The van der Waals surface area contributed by atoms with Gasteiger partial charge in [0.15, 0.2) is 0 Å². The molecule has 0 heterocycles. The first-order valence-electron chi connectivity index (χ1n) is 5.46. The minimum Gasteiger partial charge on any atom is -0.262 e. The number of rotatable bonds is 2. The van der Waals surface area contributed by atoms with Gasteiger partial charge in [-0.2, -0.15) is 0 Å². The van der Waals surface area contributed by atoms with E-state index >= 15 is 0 Å². The van der Waals surface area contributed by atoms with Gasteiger partial charge in [-0.15, -0.1) is 0 Å². The first-order valence-corrected chi connectivity index (χ1v) is 7.05. The topological polar surface area (TPSA) is 86.3 Å². The highest BCUT2D eigenvalue weighted by molar-refractivity contribution is 9.10. The third kappa shape index (κ3) is 2.18. The van der Waals surface area contributed by atoms with Crippen LogP contribution < -0.4 is 0 Å². The zero-order valence-corrected chi connectivity index (χ0v) is 13.1. The van der Waals surface area contributed by atoms with E-state index in [1.165, 1.54) is 36.5 Å². The number of allylic oxidation sites excluding steroid dienone is 4. The average Bonchev–Trinajstić information content (AvgIpc) is 2.40.